The van der Waals surface area contributed by atoms with Gasteiger partial charge in [-0.15, -0.1) is 0 Å². The molecule has 1 aromatic rings. The number of halogens is 2. The zero-order valence-corrected chi connectivity index (χ0v) is 13.9. The summed E-state index contributed by atoms with van der Waals surface area (Å²) in [7, 11) is 0. The first-order chi connectivity index (χ1) is 11.8. The number of nitrogens with zero attached hydrogens (tertiary/aromatic N) is 3. The summed E-state index contributed by atoms with van der Waals surface area (Å²) in [6.45, 7) is -0.505. The second-order valence-corrected chi connectivity index (χ2v) is 5.68. The van der Waals surface area contributed by atoms with Gasteiger partial charge < -0.3 is 20.7 Å². The van der Waals surface area contributed by atoms with Crippen molar-refractivity contribution in [1.82, 2.24) is 5.32 Å². The third kappa shape index (κ3) is 6.48. The molecule has 10 nitrogen and oxygen atoms in total. The Morgan fingerprint density at radius 2 is 2.00 bits per heavy atom. The molecule has 25 heavy (non-hydrogen) atoms. The normalized spacial score (nSPS) is 12.6. The van der Waals surface area contributed by atoms with Crippen LogP contribution in [0.1, 0.15) is 11.7 Å². The van der Waals surface area contributed by atoms with E-state index in [-0.39, 0.29) is 11.3 Å². The van der Waals surface area contributed by atoms with Crippen molar-refractivity contribution in [2.24, 2.45) is 0 Å². The Kier molecular flexibility index (Phi) is 7.96. The van der Waals surface area contributed by atoms with Crippen molar-refractivity contribution >= 4 is 47.0 Å². The fraction of sp³-hybridized carbons (Fsp3) is 0.308. The maximum Gasteiger partial charge on any atom is 0.413 e. The lowest BCUT2D eigenvalue weighted by molar-refractivity contribution is -0.384. The second-order valence-electron chi connectivity index (χ2n) is 4.58. The number of non-ortho nitro benzene ring substituents is 1. The third-order valence-corrected chi connectivity index (χ3v) is 3.32. The molecule has 0 saturated heterocycles. The number of carbonyl (C=O) groups is 2. The van der Waals surface area contributed by atoms with Crippen LogP contribution in [0.15, 0.2) is 24.3 Å². The lowest BCUT2D eigenvalue weighted by Gasteiger charge is -2.24. The van der Waals surface area contributed by atoms with Gasteiger partial charge in [0.1, 0.15) is 12.7 Å². The average molecular weight is 391 g/mol. The molecule has 12 heteroatoms. The topological polar surface area (TPSA) is 155 Å². The minimum Gasteiger partial charge on any atom is -0.455 e. The number of ether oxygens (including phenoxy) is 1. The lowest BCUT2D eigenvalue weighted by Crippen LogP contribution is -2.45. The van der Waals surface area contributed by atoms with Crippen molar-refractivity contribution in [3.8, 4) is 0 Å². The highest BCUT2D eigenvalue weighted by atomic mass is 35.5. The summed E-state index contributed by atoms with van der Waals surface area (Å²) in [6.07, 6.45) is -0.918. The van der Waals surface area contributed by atoms with Gasteiger partial charge in [-0.1, -0.05) is 23.2 Å². The minimum atomic E-state index is -1.43. The molecule has 0 spiro atoms. The van der Waals surface area contributed by atoms with E-state index < -0.39 is 40.4 Å². The van der Waals surface area contributed by atoms with Gasteiger partial charge in [0.15, 0.2) is 4.84 Å². The van der Waals surface area contributed by atoms with Crippen LogP contribution in [0.25, 0.3) is 5.53 Å². The molecule has 0 fully saturated rings. The number of alkyl halides is 2. The van der Waals surface area contributed by atoms with Crippen LogP contribution in [-0.4, -0.2) is 50.4 Å². The zero-order chi connectivity index (χ0) is 19.0. The van der Waals surface area contributed by atoms with Gasteiger partial charge in [0.25, 0.3) is 11.6 Å². The van der Waals surface area contributed by atoms with Crippen LogP contribution >= 0.6 is 23.2 Å². The first kappa shape index (κ1) is 20.5. The van der Waals surface area contributed by atoms with Crippen LogP contribution in [-0.2, 0) is 14.3 Å². The van der Waals surface area contributed by atoms with E-state index in [1.807, 2.05) is 0 Å². The number of rotatable bonds is 8. The fourth-order valence-electron chi connectivity index (χ4n) is 1.74. The smallest absolute Gasteiger partial charge is 0.413 e. The first-order valence-corrected chi connectivity index (χ1v) is 7.48. The van der Waals surface area contributed by atoms with Crippen molar-refractivity contribution in [1.29, 1.82) is 0 Å². The summed E-state index contributed by atoms with van der Waals surface area (Å²) in [6, 6.07) is 3.71. The first-order valence-electron chi connectivity index (χ1n) is 6.61. The maximum atomic E-state index is 11.6. The number of nitrogens with one attached hydrogen (secondary N) is 1. The van der Waals surface area contributed by atoms with Crippen molar-refractivity contribution < 1.29 is 29.1 Å². The largest absolute Gasteiger partial charge is 0.455 e. The van der Waals surface area contributed by atoms with Crippen LogP contribution < -0.4 is 5.32 Å². The summed E-state index contributed by atoms with van der Waals surface area (Å²) in [5.74, 6) is -1.87. The SMILES string of the molecule is [N-]=[N+]=CC(=O)OCC(NC(=O)C(Cl)Cl)C(O)c1ccc([N+](=O)[O-])cc1. The van der Waals surface area contributed by atoms with Gasteiger partial charge in [0, 0.05) is 12.1 Å². The summed E-state index contributed by atoms with van der Waals surface area (Å²) in [5, 5.41) is 23.3. The van der Waals surface area contributed by atoms with Gasteiger partial charge in [-0.05, 0) is 17.7 Å². The Balaban J connectivity index is 2.94. The molecule has 1 rings (SSSR count). The average Bonchev–Trinajstić information content (AvgIpc) is 2.57. The van der Waals surface area contributed by atoms with Gasteiger partial charge in [-0.2, -0.15) is 4.79 Å². The predicted octanol–water partition coefficient (Wildman–Crippen LogP) is 0.760. The number of aliphatic hydroxyl groups is 1. The number of esters is 1. The summed E-state index contributed by atoms with van der Waals surface area (Å²) >= 11 is 10.9. The number of benzene rings is 1. The van der Waals surface area contributed by atoms with Crippen LogP contribution in [0, 0.1) is 10.1 Å². The maximum absolute atomic E-state index is 11.6. The number of amides is 1. The molecule has 2 unspecified atom stereocenters. The van der Waals surface area contributed by atoms with E-state index in [1.165, 1.54) is 12.1 Å². The Morgan fingerprint density at radius 1 is 1.40 bits per heavy atom. The molecule has 1 amide bonds. The summed E-state index contributed by atoms with van der Waals surface area (Å²) in [4.78, 5) is 33.9. The molecule has 0 bridgehead atoms. The van der Waals surface area contributed by atoms with E-state index in [0.29, 0.717) is 6.21 Å². The summed E-state index contributed by atoms with van der Waals surface area (Å²) in [5.41, 5.74) is 8.26. The van der Waals surface area contributed by atoms with Crippen LogP contribution in [0.3, 0.4) is 0 Å². The molecule has 0 aliphatic heterocycles. The number of nitro benzene ring substituents is 1. The minimum absolute atomic E-state index is 0.191. The van der Waals surface area contributed by atoms with Crippen molar-refractivity contribution in [3.63, 3.8) is 0 Å². The van der Waals surface area contributed by atoms with Gasteiger partial charge in [0.05, 0.1) is 11.0 Å². The Morgan fingerprint density at radius 3 is 2.48 bits per heavy atom. The van der Waals surface area contributed by atoms with E-state index in [0.717, 1.165) is 12.1 Å². The molecule has 134 valence electrons. The molecule has 0 heterocycles. The number of hydrogen-bond donors (Lipinski definition) is 2. The highest BCUT2D eigenvalue weighted by Gasteiger charge is 2.27. The number of aliphatic hydroxyl groups excluding tert-OH is 1. The highest BCUT2D eigenvalue weighted by Crippen LogP contribution is 2.21. The number of hydrogen-bond acceptors (Lipinski definition) is 6. The van der Waals surface area contributed by atoms with Gasteiger partial charge in [0.2, 0.25) is 0 Å². The molecule has 2 atom stereocenters. The number of carbonyl (C=O) groups excluding carboxylic acids is 2. The van der Waals surface area contributed by atoms with Crippen molar-refractivity contribution in [3.05, 3.63) is 45.5 Å². The standard InChI is InChI=1S/C13H12Cl2N4O6/c14-12(15)13(22)18-9(6-25-10(20)5-17-16)11(21)7-1-3-8(4-2-7)19(23)24/h1-5,9,11-12,21H,6H2,(H,18,22). The highest BCUT2D eigenvalue weighted by molar-refractivity contribution is 6.53. The molecular formula is C13H12Cl2N4O6. The van der Waals surface area contributed by atoms with E-state index in [4.69, 9.17) is 33.5 Å². The summed E-state index contributed by atoms with van der Waals surface area (Å²) < 4.78 is 4.71. The monoisotopic (exact) mass is 390 g/mol. The molecule has 0 radical (unpaired) electrons. The lowest BCUT2D eigenvalue weighted by atomic mass is 10.0. The Bertz CT molecular complexity index is 690. The molecule has 0 aliphatic rings. The molecule has 0 saturated carbocycles. The van der Waals surface area contributed by atoms with E-state index in [9.17, 15) is 24.8 Å². The van der Waals surface area contributed by atoms with E-state index >= 15 is 0 Å². The molecule has 2 N–H and O–H groups in total. The van der Waals surface area contributed by atoms with E-state index in [2.05, 4.69) is 10.1 Å². The predicted molar refractivity (Wildman–Crippen MR) is 86.1 cm³/mol. The fourth-order valence-corrected chi connectivity index (χ4v) is 1.87. The molecule has 0 aliphatic carbocycles. The molecular weight excluding hydrogens is 379 g/mol. The third-order valence-electron chi connectivity index (χ3n) is 2.92. The number of nitro groups is 1. The Hall–Kier alpha value is -2.52. The van der Waals surface area contributed by atoms with Crippen molar-refractivity contribution in [2.45, 2.75) is 17.0 Å². The van der Waals surface area contributed by atoms with Gasteiger partial charge in [-0.3, -0.25) is 14.9 Å². The zero-order valence-electron chi connectivity index (χ0n) is 12.4. The molecule has 1 aromatic carbocycles. The second kappa shape index (κ2) is 9.70. The molecule has 0 aromatic heterocycles. The Labute approximate surface area is 151 Å². The van der Waals surface area contributed by atoms with Gasteiger partial charge >= 0.3 is 12.2 Å². The van der Waals surface area contributed by atoms with Gasteiger partial charge in [-0.25, -0.2) is 4.79 Å². The van der Waals surface area contributed by atoms with Crippen LogP contribution in [0.2, 0.25) is 0 Å². The van der Waals surface area contributed by atoms with Crippen LogP contribution in [0.5, 0.6) is 0 Å². The van der Waals surface area contributed by atoms with Crippen LogP contribution in [0.4, 0.5) is 5.69 Å². The van der Waals surface area contributed by atoms with E-state index in [1.54, 1.807) is 0 Å². The van der Waals surface area contributed by atoms with Crippen molar-refractivity contribution in [2.75, 3.05) is 6.61 Å². The quantitative estimate of drug-likeness (QED) is 0.127.